The number of rotatable bonds is 4. The van der Waals surface area contributed by atoms with Gasteiger partial charge in [-0.1, -0.05) is 45.4 Å². The second-order valence-electron chi connectivity index (χ2n) is 6.69. The first-order chi connectivity index (χ1) is 9.16. The largest absolute Gasteiger partial charge is 0.480 e. The average molecular weight is 267 g/mol. The summed E-state index contributed by atoms with van der Waals surface area (Å²) in [6.07, 6.45) is 12.0. The predicted octanol–water partition coefficient (Wildman–Crippen LogP) is 3.58. The Kier molecular flexibility index (Phi) is 5.68. The lowest BCUT2D eigenvalue weighted by Crippen LogP contribution is -2.48. The highest BCUT2D eigenvalue weighted by Crippen LogP contribution is 2.31. The van der Waals surface area contributed by atoms with Crippen LogP contribution in [0, 0.1) is 11.8 Å². The smallest absolute Gasteiger partial charge is 0.320 e. The molecule has 0 radical (unpaired) electrons. The van der Waals surface area contributed by atoms with Gasteiger partial charge >= 0.3 is 5.97 Å². The highest BCUT2D eigenvalue weighted by molar-refractivity contribution is 5.74. The fourth-order valence-electron chi connectivity index (χ4n) is 3.73. The van der Waals surface area contributed by atoms with Crippen LogP contribution in [0.25, 0.3) is 0 Å². The molecule has 0 aliphatic heterocycles. The van der Waals surface area contributed by atoms with Crippen molar-refractivity contribution >= 4 is 5.97 Å². The summed E-state index contributed by atoms with van der Waals surface area (Å²) in [7, 11) is 0. The molecule has 0 spiro atoms. The second kappa shape index (κ2) is 7.28. The highest BCUT2D eigenvalue weighted by Gasteiger charge is 2.32. The zero-order valence-corrected chi connectivity index (χ0v) is 12.2. The zero-order valence-electron chi connectivity index (χ0n) is 12.2. The van der Waals surface area contributed by atoms with Gasteiger partial charge in [-0.05, 0) is 37.5 Å². The van der Waals surface area contributed by atoms with Crippen LogP contribution in [-0.2, 0) is 4.79 Å². The third-order valence-corrected chi connectivity index (χ3v) is 5.07. The Labute approximate surface area is 117 Å². The van der Waals surface area contributed by atoms with E-state index in [4.69, 9.17) is 0 Å². The van der Waals surface area contributed by atoms with Gasteiger partial charge in [0.25, 0.3) is 0 Å². The SMILES string of the molecule is CC1CCC(C(NC2CCCCCC2)C(=O)O)CC1. The van der Waals surface area contributed by atoms with Gasteiger partial charge in [0.05, 0.1) is 0 Å². The van der Waals surface area contributed by atoms with Crippen LogP contribution in [-0.4, -0.2) is 23.2 Å². The fourth-order valence-corrected chi connectivity index (χ4v) is 3.73. The summed E-state index contributed by atoms with van der Waals surface area (Å²) >= 11 is 0. The van der Waals surface area contributed by atoms with E-state index in [0.29, 0.717) is 12.0 Å². The summed E-state index contributed by atoms with van der Waals surface area (Å²) in [4.78, 5) is 11.6. The highest BCUT2D eigenvalue weighted by atomic mass is 16.4. The van der Waals surface area contributed by atoms with Gasteiger partial charge < -0.3 is 10.4 Å². The summed E-state index contributed by atoms with van der Waals surface area (Å²) in [5, 5.41) is 13.0. The van der Waals surface area contributed by atoms with Crippen molar-refractivity contribution < 1.29 is 9.90 Å². The monoisotopic (exact) mass is 267 g/mol. The molecular weight excluding hydrogens is 238 g/mol. The first-order valence-electron chi connectivity index (χ1n) is 8.15. The van der Waals surface area contributed by atoms with Gasteiger partial charge in [0, 0.05) is 6.04 Å². The Morgan fingerprint density at radius 1 is 1.00 bits per heavy atom. The molecule has 2 aliphatic carbocycles. The van der Waals surface area contributed by atoms with Crippen molar-refractivity contribution in [3.63, 3.8) is 0 Å². The van der Waals surface area contributed by atoms with Crippen LogP contribution in [0.5, 0.6) is 0 Å². The first kappa shape index (κ1) is 14.8. The van der Waals surface area contributed by atoms with E-state index >= 15 is 0 Å². The number of carboxylic acid groups (broad SMARTS) is 1. The number of carbonyl (C=O) groups is 1. The van der Waals surface area contributed by atoms with Gasteiger partial charge in [-0.25, -0.2) is 0 Å². The molecule has 2 rings (SSSR count). The number of aliphatic carboxylic acids is 1. The average Bonchev–Trinajstić information content (AvgIpc) is 2.65. The maximum atomic E-state index is 11.6. The van der Waals surface area contributed by atoms with Crippen molar-refractivity contribution in [2.24, 2.45) is 11.8 Å². The molecule has 0 bridgehead atoms. The minimum atomic E-state index is -0.635. The quantitative estimate of drug-likeness (QED) is 0.765. The zero-order chi connectivity index (χ0) is 13.7. The molecule has 0 aromatic heterocycles. The molecule has 0 amide bonds. The van der Waals surface area contributed by atoms with E-state index in [2.05, 4.69) is 12.2 Å². The number of carboxylic acids is 1. The molecule has 0 saturated heterocycles. The second-order valence-corrected chi connectivity index (χ2v) is 6.69. The van der Waals surface area contributed by atoms with E-state index in [1.165, 1.54) is 38.5 Å². The molecule has 19 heavy (non-hydrogen) atoms. The van der Waals surface area contributed by atoms with Gasteiger partial charge in [-0.3, -0.25) is 4.79 Å². The lowest BCUT2D eigenvalue weighted by atomic mass is 9.79. The molecule has 2 fully saturated rings. The van der Waals surface area contributed by atoms with E-state index in [1.807, 2.05) is 0 Å². The predicted molar refractivity (Wildman–Crippen MR) is 77.2 cm³/mol. The van der Waals surface area contributed by atoms with Crippen LogP contribution < -0.4 is 5.32 Å². The minimum absolute atomic E-state index is 0.310. The molecule has 2 aliphatic rings. The normalized spacial score (nSPS) is 31.6. The van der Waals surface area contributed by atoms with Crippen molar-refractivity contribution in [1.82, 2.24) is 5.32 Å². The van der Waals surface area contributed by atoms with Gasteiger partial charge in [0.2, 0.25) is 0 Å². The van der Waals surface area contributed by atoms with Gasteiger partial charge in [0.1, 0.15) is 6.04 Å². The van der Waals surface area contributed by atoms with Gasteiger partial charge in [-0.15, -0.1) is 0 Å². The van der Waals surface area contributed by atoms with Crippen LogP contribution in [0.2, 0.25) is 0 Å². The maximum absolute atomic E-state index is 11.6. The van der Waals surface area contributed by atoms with Crippen molar-refractivity contribution in [1.29, 1.82) is 0 Å². The van der Waals surface area contributed by atoms with Crippen LogP contribution in [0.1, 0.15) is 71.1 Å². The number of nitrogens with one attached hydrogen (secondary N) is 1. The van der Waals surface area contributed by atoms with Gasteiger partial charge in [-0.2, -0.15) is 0 Å². The lowest BCUT2D eigenvalue weighted by molar-refractivity contribution is -0.141. The number of hydrogen-bond donors (Lipinski definition) is 2. The lowest BCUT2D eigenvalue weighted by Gasteiger charge is -2.33. The van der Waals surface area contributed by atoms with E-state index in [9.17, 15) is 9.90 Å². The number of hydrogen-bond acceptors (Lipinski definition) is 2. The third kappa shape index (κ3) is 4.48. The van der Waals surface area contributed by atoms with Crippen LogP contribution in [0.15, 0.2) is 0 Å². The molecule has 0 heterocycles. The molecule has 2 saturated carbocycles. The Bertz CT molecular complexity index is 276. The van der Waals surface area contributed by atoms with Crippen molar-refractivity contribution in [2.75, 3.05) is 0 Å². The summed E-state index contributed by atoms with van der Waals surface area (Å²) < 4.78 is 0. The van der Waals surface area contributed by atoms with E-state index in [1.54, 1.807) is 0 Å². The van der Waals surface area contributed by atoms with Crippen LogP contribution in [0.4, 0.5) is 0 Å². The third-order valence-electron chi connectivity index (χ3n) is 5.07. The standard InChI is InChI=1S/C16H29NO2/c1-12-8-10-13(11-9-12)15(16(18)19)17-14-6-4-2-3-5-7-14/h12-15,17H,2-11H2,1H3,(H,18,19). The van der Waals surface area contributed by atoms with Gasteiger partial charge in [0.15, 0.2) is 0 Å². The molecule has 2 N–H and O–H groups in total. The van der Waals surface area contributed by atoms with Crippen molar-refractivity contribution in [3.05, 3.63) is 0 Å². The summed E-state index contributed by atoms with van der Waals surface area (Å²) in [6, 6.07) is 0.124. The summed E-state index contributed by atoms with van der Waals surface area (Å²) in [6.45, 7) is 2.28. The van der Waals surface area contributed by atoms with Crippen molar-refractivity contribution in [2.45, 2.75) is 83.2 Å². The summed E-state index contributed by atoms with van der Waals surface area (Å²) in [5.41, 5.74) is 0. The minimum Gasteiger partial charge on any atom is -0.480 e. The Balaban J connectivity index is 1.89. The fraction of sp³-hybridized carbons (Fsp3) is 0.938. The topological polar surface area (TPSA) is 49.3 Å². The molecule has 3 heteroatoms. The molecule has 1 atom stereocenters. The Hall–Kier alpha value is -0.570. The first-order valence-corrected chi connectivity index (χ1v) is 8.15. The molecule has 1 unspecified atom stereocenters. The van der Waals surface area contributed by atoms with Crippen molar-refractivity contribution in [3.8, 4) is 0 Å². The Morgan fingerprint density at radius 2 is 1.58 bits per heavy atom. The van der Waals surface area contributed by atoms with E-state index in [-0.39, 0.29) is 6.04 Å². The Morgan fingerprint density at radius 3 is 2.11 bits per heavy atom. The summed E-state index contributed by atoms with van der Waals surface area (Å²) in [5.74, 6) is 0.490. The molecular formula is C16H29NO2. The van der Waals surface area contributed by atoms with E-state index in [0.717, 1.165) is 31.6 Å². The molecule has 3 nitrogen and oxygen atoms in total. The maximum Gasteiger partial charge on any atom is 0.320 e. The van der Waals surface area contributed by atoms with E-state index < -0.39 is 5.97 Å². The van der Waals surface area contributed by atoms with Crippen LogP contribution >= 0.6 is 0 Å². The van der Waals surface area contributed by atoms with Crippen LogP contribution in [0.3, 0.4) is 0 Å². The molecule has 110 valence electrons. The molecule has 0 aromatic carbocycles. The molecule has 0 aromatic rings.